The Balaban J connectivity index is 1.80. The van der Waals surface area contributed by atoms with Crippen LogP contribution in [0.4, 0.5) is 0 Å². The smallest absolute Gasteiger partial charge is 0.0583 e. The molecule has 194 valence electrons. The van der Waals surface area contributed by atoms with Crippen molar-refractivity contribution in [2.75, 3.05) is 0 Å². The fourth-order valence-electron chi connectivity index (χ4n) is 8.12. The van der Waals surface area contributed by atoms with Crippen LogP contribution in [0.2, 0.25) is 0 Å². The molecular formula is C33H56O. The minimum Gasteiger partial charge on any atom is -0.393 e. The fourth-order valence-corrected chi connectivity index (χ4v) is 8.12. The Morgan fingerprint density at radius 3 is 2.59 bits per heavy atom. The van der Waals surface area contributed by atoms with Crippen molar-refractivity contribution in [3.8, 4) is 0 Å². The van der Waals surface area contributed by atoms with Crippen molar-refractivity contribution in [1.82, 2.24) is 0 Å². The summed E-state index contributed by atoms with van der Waals surface area (Å²) < 4.78 is 0. The second-order valence-electron chi connectivity index (χ2n) is 13.0. The summed E-state index contributed by atoms with van der Waals surface area (Å²) in [6.45, 7) is 16.7. The number of fused-ring (bicyclic) bond motifs is 1. The number of aliphatic hydroxyl groups excluding tert-OH is 1. The van der Waals surface area contributed by atoms with Gasteiger partial charge >= 0.3 is 0 Å². The third kappa shape index (κ3) is 6.89. The summed E-state index contributed by atoms with van der Waals surface area (Å²) in [6.07, 6.45) is 24.0. The van der Waals surface area contributed by atoms with Crippen LogP contribution in [-0.2, 0) is 0 Å². The van der Waals surface area contributed by atoms with E-state index < -0.39 is 0 Å². The Hall–Kier alpha value is -0.820. The van der Waals surface area contributed by atoms with Crippen molar-refractivity contribution in [3.63, 3.8) is 0 Å². The van der Waals surface area contributed by atoms with Gasteiger partial charge in [-0.05, 0) is 85.5 Å². The third-order valence-corrected chi connectivity index (χ3v) is 9.90. The predicted octanol–water partition coefficient (Wildman–Crippen LogP) is 9.82. The lowest BCUT2D eigenvalue weighted by Crippen LogP contribution is -2.37. The van der Waals surface area contributed by atoms with E-state index in [0.717, 1.165) is 48.9 Å². The van der Waals surface area contributed by atoms with Gasteiger partial charge in [-0.1, -0.05) is 116 Å². The van der Waals surface area contributed by atoms with Gasteiger partial charge in [-0.3, -0.25) is 0 Å². The Morgan fingerprint density at radius 2 is 1.85 bits per heavy atom. The van der Waals surface area contributed by atoms with Crippen molar-refractivity contribution in [1.29, 1.82) is 0 Å². The SMILES string of the molecule is C=C1CC[C@H](O)C/C1=C\C=C1/CCC[C@@]2(C)[C@H]1CC(CCCCCC)[C@H]2[C@H](C)CCCC(C)C. The van der Waals surface area contributed by atoms with E-state index in [1.807, 2.05) is 0 Å². The number of unbranched alkanes of at least 4 members (excludes halogenated alkanes) is 3. The van der Waals surface area contributed by atoms with Crippen molar-refractivity contribution in [3.05, 3.63) is 35.5 Å². The van der Waals surface area contributed by atoms with Gasteiger partial charge in [0.25, 0.3) is 0 Å². The summed E-state index contributed by atoms with van der Waals surface area (Å²) in [5.41, 5.74) is 4.73. The Bertz CT molecular complexity index is 712. The molecule has 1 N–H and O–H groups in total. The van der Waals surface area contributed by atoms with Gasteiger partial charge in [0.2, 0.25) is 0 Å². The van der Waals surface area contributed by atoms with E-state index in [4.69, 9.17) is 0 Å². The van der Waals surface area contributed by atoms with Gasteiger partial charge in [0.1, 0.15) is 0 Å². The Labute approximate surface area is 212 Å². The molecule has 1 nitrogen and oxygen atoms in total. The van der Waals surface area contributed by atoms with Gasteiger partial charge in [-0.25, -0.2) is 0 Å². The summed E-state index contributed by atoms with van der Waals surface area (Å²) in [5, 5.41) is 10.2. The quantitative estimate of drug-likeness (QED) is 0.299. The first-order valence-electron chi connectivity index (χ1n) is 15.0. The molecule has 6 atom stereocenters. The zero-order chi connectivity index (χ0) is 24.7. The van der Waals surface area contributed by atoms with Crippen molar-refractivity contribution < 1.29 is 5.11 Å². The molecule has 0 saturated heterocycles. The van der Waals surface area contributed by atoms with Crippen LogP contribution in [0.3, 0.4) is 0 Å². The molecule has 0 aliphatic heterocycles. The number of rotatable bonds is 11. The van der Waals surface area contributed by atoms with E-state index in [9.17, 15) is 5.11 Å². The minimum atomic E-state index is -0.179. The molecule has 34 heavy (non-hydrogen) atoms. The summed E-state index contributed by atoms with van der Waals surface area (Å²) >= 11 is 0. The van der Waals surface area contributed by atoms with Crippen LogP contribution in [0.25, 0.3) is 0 Å². The summed E-state index contributed by atoms with van der Waals surface area (Å²) in [6, 6.07) is 0. The maximum atomic E-state index is 10.2. The first kappa shape index (κ1) is 27.8. The second kappa shape index (κ2) is 12.9. The molecule has 0 bridgehead atoms. The molecule has 1 heteroatoms. The predicted molar refractivity (Wildman–Crippen MR) is 149 cm³/mol. The van der Waals surface area contributed by atoms with Gasteiger partial charge < -0.3 is 5.11 Å². The zero-order valence-corrected chi connectivity index (χ0v) is 23.4. The van der Waals surface area contributed by atoms with Gasteiger partial charge in [-0.2, -0.15) is 0 Å². The van der Waals surface area contributed by atoms with Crippen molar-refractivity contribution in [2.45, 2.75) is 137 Å². The molecule has 0 aromatic heterocycles. The Kier molecular flexibility index (Phi) is 10.6. The lowest BCUT2D eigenvalue weighted by atomic mass is 9.59. The molecule has 3 rings (SSSR count). The van der Waals surface area contributed by atoms with Crippen molar-refractivity contribution >= 4 is 0 Å². The van der Waals surface area contributed by atoms with E-state index in [0.29, 0.717) is 5.41 Å². The highest BCUT2D eigenvalue weighted by Gasteiger charge is 2.54. The largest absolute Gasteiger partial charge is 0.393 e. The second-order valence-corrected chi connectivity index (χ2v) is 13.0. The van der Waals surface area contributed by atoms with Crippen LogP contribution in [-0.4, -0.2) is 11.2 Å². The van der Waals surface area contributed by atoms with Crippen LogP contribution < -0.4 is 0 Å². The third-order valence-electron chi connectivity index (χ3n) is 9.90. The Morgan fingerprint density at radius 1 is 1.06 bits per heavy atom. The molecule has 3 fully saturated rings. The number of aliphatic hydroxyl groups is 1. The highest BCUT2D eigenvalue weighted by Crippen LogP contribution is 2.63. The normalized spacial score (nSPS) is 35.3. The van der Waals surface area contributed by atoms with Gasteiger partial charge in [0, 0.05) is 0 Å². The maximum absolute atomic E-state index is 10.2. The minimum absolute atomic E-state index is 0.179. The first-order valence-corrected chi connectivity index (χ1v) is 15.0. The molecule has 1 unspecified atom stereocenters. The first-order chi connectivity index (χ1) is 16.3. The molecular weight excluding hydrogens is 412 g/mol. The number of hydrogen-bond donors (Lipinski definition) is 1. The number of allylic oxidation sites excluding steroid dienone is 4. The molecule has 3 saturated carbocycles. The average molecular weight is 469 g/mol. The zero-order valence-electron chi connectivity index (χ0n) is 23.4. The van der Waals surface area contributed by atoms with Crippen LogP contribution in [0.5, 0.6) is 0 Å². The van der Waals surface area contributed by atoms with Gasteiger partial charge in [0.05, 0.1) is 6.10 Å². The molecule has 0 heterocycles. The van der Waals surface area contributed by atoms with Crippen LogP contribution in [0.15, 0.2) is 35.5 Å². The van der Waals surface area contributed by atoms with Crippen LogP contribution in [0, 0.1) is 35.0 Å². The maximum Gasteiger partial charge on any atom is 0.0583 e. The average Bonchev–Trinajstić information content (AvgIpc) is 3.09. The van der Waals surface area contributed by atoms with E-state index in [-0.39, 0.29) is 6.10 Å². The molecule has 3 aliphatic carbocycles. The molecule has 0 aromatic rings. The standard InChI is InChI=1S/C33H56O/c1-7-8-9-10-15-29-23-31-27(18-19-28-22-30(34)20-17-25(28)4)16-12-21-33(31,6)32(29)26(5)14-11-13-24(2)3/h18-19,24,26,29-32,34H,4,7-17,20-23H2,1-3,5-6H3/b27-18+,28-19+/t26-,29?,30+,31+,32-,33+/m1/s1. The summed E-state index contributed by atoms with van der Waals surface area (Å²) in [5.74, 6) is 4.22. The fraction of sp³-hybridized carbons (Fsp3) is 0.818. The summed E-state index contributed by atoms with van der Waals surface area (Å²) in [4.78, 5) is 0. The summed E-state index contributed by atoms with van der Waals surface area (Å²) in [7, 11) is 0. The lowest BCUT2D eigenvalue weighted by molar-refractivity contribution is 0.0711. The van der Waals surface area contributed by atoms with E-state index >= 15 is 0 Å². The van der Waals surface area contributed by atoms with Gasteiger partial charge in [-0.15, -0.1) is 0 Å². The van der Waals surface area contributed by atoms with Gasteiger partial charge in [0.15, 0.2) is 0 Å². The molecule has 0 amide bonds. The number of hydrogen-bond acceptors (Lipinski definition) is 1. The molecule has 0 radical (unpaired) electrons. The van der Waals surface area contributed by atoms with Crippen molar-refractivity contribution in [2.24, 2.45) is 35.0 Å². The van der Waals surface area contributed by atoms with E-state index in [2.05, 4.69) is 53.3 Å². The lowest BCUT2D eigenvalue weighted by Gasteiger charge is -2.45. The highest BCUT2D eigenvalue weighted by molar-refractivity contribution is 5.36. The molecule has 0 spiro atoms. The topological polar surface area (TPSA) is 20.2 Å². The van der Waals surface area contributed by atoms with E-state index in [1.165, 1.54) is 88.2 Å². The monoisotopic (exact) mass is 468 g/mol. The van der Waals surface area contributed by atoms with Crippen LogP contribution >= 0.6 is 0 Å². The van der Waals surface area contributed by atoms with Crippen LogP contribution in [0.1, 0.15) is 131 Å². The molecule has 0 aromatic carbocycles. The molecule has 3 aliphatic rings. The highest BCUT2D eigenvalue weighted by atomic mass is 16.3. The van der Waals surface area contributed by atoms with E-state index in [1.54, 1.807) is 5.57 Å².